The molecule has 0 spiro atoms. The first-order valence-electron chi connectivity index (χ1n) is 14.6. The number of hydrogen-bond donors (Lipinski definition) is 0. The molecule has 0 nitrogen and oxygen atoms in total. The molecule has 4 bridgehead atoms. The number of rotatable bonds is 5. The SMILES string of the molecule is C[C@]1([C@H](C2CCCCC2)[C@@H](C2CCCCC2)[C@@]2(C)C[C@@H]3CC[C@H]2C3)C[C@@H]2CC[C@H]1C2. The van der Waals surface area contributed by atoms with Gasteiger partial charge in [0, 0.05) is 0 Å². The molecule has 6 saturated carbocycles. The quantitative estimate of drug-likeness (QED) is 0.424. The lowest BCUT2D eigenvalue weighted by Gasteiger charge is -2.58. The molecular formula is C30H50. The first kappa shape index (κ1) is 20.6. The maximum absolute atomic E-state index is 2.86. The van der Waals surface area contributed by atoms with Gasteiger partial charge in [0.1, 0.15) is 0 Å². The van der Waals surface area contributed by atoms with Crippen LogP contribution in [0.4, 0.5) is 0 Å². The lowest BCUT2D eigenvalue weighted by molar-refractivity contribution is -0.0977. The molecule has 6 rings (SSSR count). The summed E-state index contributed by atoms with van der Waals surface area (Å²) in [5.41, 5.74) is 1.38. The summed E-state index contributed by atoms with van der Waals surface area (Å²) in [5.74, 6) is 8.67. The van der Waals surface area contributed by atoms with Gasteiger partial charge >= 0.3 is 0 Å². The summed E-state index contributed by atoms with van der Waals surface area (Å²) in [4.78, 5) is 0. The van der Waals surface area contributed by atoms with Gasteiger partial charge in [-0.2, -0.15) is 0 Å². The van der Waals surface area contributed by atoms with E-state index in [9.17, 15) is 0 Å². The van der Waals surface area contributed by atoms with Gasteiger partial charge in [-0.05, 0) is 96.7 Å². The highest BCUT2D eigenvalue weighted by atomic mass is 14.7. The predicted octanol–water partition coefficient (Wildman–Crippen LogP) is 9.03. The average molecular weight is 411 g/mol. The molecule has 170 valence electrons. The zero-order chi connectivity index (χ0) is 20.3. The van der Waals surface area contributed by atoms with Crippen LogP contribution in [0.1, 0.15) is 129 Å². The molecule has 6 aliphatic carbocycles. The number of fused-ring (bicyclic) bond motifs is 4. The van der Waals surface area contributed by atoms with Gasteiger partial charge < -0.3 is 0 Å². The number of hydrogen-bond acceptors (Lipinski definition) is 0. The normalized spacial score (nSPS) is 49.0. The molecule has 0 N–H and O–H groups in total. The van der Waals surface area contributed by atoms with E-state index in [1.54, 1.807) is 103 Å². The molecular weight excluding hydrogens is 360 g/mol. The van der Waals surface area contributed by atoms with Gasteiger partial charge in [0.25, 0.3) is 0 Å². The van der Waals surface area contributed by atoms with Crippen LogP contribution in [0.15, 0.2) is 0 Å². The Hall–Kier alpha value is 0. The van der Waals surface area contributed by atoms with E-state index in [0.717, 1.165) is 47.3 Å². The first-order chi connectivity index (χ1) is 14.6. The van der Waals surface area contributed by atoms with Crippen LogP contribution >= 0.6 is 0 Å². The van der Waals surface area contributed by atoms with Crippen LogP contribution < -0.4 is 0 Å². The van der Waals surface area contributed by atoms with E-state index in [4.69, 9.17) is 0 Å². The predicted molar refractivity (Wildman–Crippen MR) is 127 cm³/mol. The summed E-state index contributed by atoms with van der Waals surface area (Å²) >= 11 is 0. The topological polar surface area (TPSA) is 0 Å². The van der Waals surface area contributed by atoms with E-state index in [2.05, 4.69) is 13.8 Å². The van der Waals surface area contributed by atoms with Crippen LogP contribution in [0.3, 0.4) is 0 Å². The van der Waals surface area contributed by atoms with Crippen molar-refractivity contribution in [2.24, 2.45) is 58.2 Å². The lowest BCUT2D eigenvalue weighted by atomic mass is 9.46. The fourth-order valence-corrected chi connectivity index (χ4v) is 11.6. The third kappa shape index (κ3) is 3.19. The van der Waals surface area contributed by atoms with Crippen molar-refractivity contribution < 1.29 is 0 Å². The molecule has 0 amide bonds. The van der Waals surface area contributed by atoms with Crippen LogP contribution in [0.5, 0.6) is 0 Å². The smallest absolute Gasteiger partial charge is 0.0261 e. The molecule has 0 unspecified atom stereocenters. The Morgan fingerprint density at radius 2 is 0.900 bits per heavy atom. The molecule has 6 fully saturated rings. The maximum atomic E-state index is 2.86. The summed E-state index contributed by atoms with van der Waals surface area (Å²) in [6, 6.07) is 0. The monoisotopic (exact) mass is 410 g/mol. The highest BCUT2D eigenvalue weighted by Gasteiger charge is 2.62. The Labute approximate surface area is 187 Å². The molecule has 8 atom stereocenters. The lowest BCUT2D eigenvalue weighted by Crippen LogP contribution is -2.52. The summed E-state index contributed by atoms with van der Waals surface area (Å²) in [7, 11) is 0. The third-order valence-electron chi connectivity index (χ3n) is 12.6. The van der Waals surface area contributed by atoms with E-state index in [1.165, 1.54) is 12.8 Å². The summed E-state index contributed by atoms with van der Waals surface area (Å²) < 4.78 is 0. The Kier molecular flexibility index (Phi) is 5.35. The summed E-state index contributed by atoms with van der Waals surface area (Å²) in [6.45, 7) is 5.73. The van der Waals surface area contributed by atoms with E-state index in [-0.39, 0.29) is 0 Å². The van der Waals surface area contributed by atoms with Crippen LogP contribution in [-0.4, -0.2) is 0 Å². The van der Waals surface area contributed by atoms with Crippen molar-refractivity contribution in [3.8, 4) is 0 Å². The van der Waals surface area contributed by atoms with Crippen LogP contribution in [0.25, 0.3) is 0 Å². The summed E-state index contributed by atoms with van der Waals surface area (Å²) in [6.07, 6.45) is 28.4. The van der Waals surface area contributed by atoms with Gasteiger partial charge in [-0.3, -0.25) is 0 Å². The minimum Gasteiger partial charge on any atom is -0.0591 e. The first-order valence-corrected chi connectivity index (χ1v) is 14.6. The Morgan fingerprint density at radius 1 is 0.500 bits per heavy atom. The van der Waals surface area contributed by atoms with Crippen molar-refractivity contribution in [3.05, 3.63) is 0 Å². The van der Waals surface area contributed by atoms with Crippen molar-refractivity contribution >= 4 is 0 Å². The van der Waals surface area contributed by atoms with E-state index < -0.39 is 0 Å². The van der Waals surface area contributed by atoms with Gasteiger partial charge in [0.2, 0.25) is 0 Å². The standard InChI is InChI=1S/C30H50/c1-29(19-21-13-15-25(29)17-21)27(23-9-5-3-6-10-23)28(24-11-7-4-8-12-24)30(2)20-22-14-16-26(30)18-22/h21-28H,3-20H2,1-2H3/t21-,22-,25+,26+,27-,28-,29+,30+/m1/s1. The second-order valence-corrected chi connectivity index (χ2v) is 14.0. The minimum absolute atomic E-state index is 0.692. The molecule has 0 aromatic rings. The summed E-state index contributed by atoms with van der Waals surface area (Å²) in [5, 5.41) is 0. The van der Waals surface area contributed by atoms with Gasteiger partial charge in [-0.1, -0.05) is 90.9 Å². The molecule has 0 heteroatoms. The van der Waals surface area contributed by atoms with E-state index in [0.29, 0.717) is 10.8 Å². The van der Waals surface area contributed by atoms with Crippen molar-refractivity contribution in [2.75, 3.05) is 0 Å². The molecule has 0 radical (unpaired) electrons. The second kappa shape index (κ2) is 7.80. The molecule has 6 aliphatic rings. The second-order valence-electron chi connectivity index (χ2n) is 14.0. The van der Waals surface area contributed by atoms with Crippen molar-refractivity contribution in [2.45, 2.75) is 129 Å². The van der Waals surface area contributed by atoms with Gasteiger partial charge in [0.05, 0.1) is 0 Å². The highest BCUT2D eigenvalue weighted by molar-refractivity contribution is 5.11. The van der Waals surface area contributed by atoms with Crippen molar-refractivity contribution in [1.29, 1.82) is 0 Å². The zero-order valence-corrected chi connectivity index (χ0v) is 20.3. The minimum atomic E-state index is 0.692. The van der Waals surface area contributed by atoms with Gasteiger partial charge in [-0.15, -0.1) is 0 Å². The van der Waals surface area contributed by atoms with E-state index in [1.807, 2.05) is 0 Å². The molecule has 0 aromatic carbocycles. The molecule has 0 saturated heterocycles. The fraction of sp³-hybridized carbons (Fsp3) is 1.00. The largest absolute Gasteiger partial charge is 0.0591 e. The van der Waals surface area contributed by atoms with Crippen molar-refractivity contribution in [1.82, 2.24) is 0 Å². The third-order valence-corrected chi connectivity index (χ3v) is 12.6. The van der Waals surface area contributed by atoms with Gasteiger partial charge in [-0.25, -0.2) is 0 Å². The molecule has 0 heterocycles. The molecule has 0 aromatic heterocycles. The Balaban J connectivity index is 1.41. The zero-order valence-electron chi connectivity index (χ0n) is 20.3. The van der Waals surface area contributed by atoms with Crippen LogP contribution in [0, 0.1) is 58.2 Å². The molecule has 30 heavy (non-hydrogen) atoms. The van der Waals surface area contributed by atoms with Crippen LogP contribution in [-0.2, 0) is 0 Å². The maximum Gasteiger partial charge on any atom is -0.0261 e. The van der Waals surface area contributed by atoms with Crippen LogP contribution in [0.2, 0.25) is 0 Å². The Morgan fingerprint density at radius 3 is 1.20 bits per heavy atom. The van der Waals surface area contributed by atoms with Crippen molar-refractivity contribution in [3.63, 3.8) is 0 Å². The van der Waals surface area contributed by atoms with E-state index >= 15 is 0 Å². The fourth-order valence-electron chi connectivity index (χ4n) is 11.6. The molecule has 0 aliphatic heterocycles. The highest BCUT2D eigenvalue weighted by Crippen LogP contribution is 2.70. The van der Waals surface area contributed by atoms with Gasteiger partial charge in [0.15, 0.2) is 0 Å². The average Bonchev–Trinajstić information content (AvgIpc) is 3.54. The Bertz CT molecular complexity index is 556.